The highest BCUT2D eigenvalue weighted by atomic mass is 35.5. The highest BCUT2D eigenvalue weighted by molar-refractivity contribution is 7.92. The molecule has 11 nitrogen and oxygen atoms in total. The first-order valence-corrected chi connectivity index (χ1v) is 15.3. The van der Waals surface area contributed by atoms with Crippen LogP contribution < -0.4 is 14.4 Å². The van der Waals surface area contributed by atoms with Crippen LogP contribution >= 0.6 is 11.6 Å². The van der Waals surface area contributed by atoms with Gasteiger partial charge >= 0.3 is 0 Å². The molecule has 0 radical (unpaired) electrons. The quantitative estimate of drug-likeness (QED) is 0.208. The van der Waals surface area contributed by atoms with E-state index in [0.717, 1.165) is 10.4 Å². The Labute approximate surface area is 256 Å². The summed E-state index contributed by atoms with van der Waals surface area (Å²) in [4.78, 5) is 38.9. The topological polar surface area (TPSA) is 139 Å². The van der Waals surface area contributed by atoms with E-state index in [4.69, 9.17) is 16.3 Å². The molecule has 0 saturated carbocycles. The summed E-state index contributed by atoms with van der Waals surface area (Å²) in [6.07, 6.45) is 0. The molecule has 1 N–H and O–H groups in total. The smallest absolute Gasteiger partial charge is 0.273 e. The molecule has 0 fully saturated rings. The molecule has 1 atom stereocenters. The molecule has 230 valence electrons. The third kappa shape index (κ3) is 8.45. The number of aryl methyl sites for hydroxylation is 1. The Morgan fingerprint density at radius 1 is 1.05 bits per heavy atom. The van der Waals surface area contributed by atoms with Gasteiger partial charge in [-0.15, -0.1) is 0 Å². The van der Waals surface area contributed by atoms with E-state index < -0.39 is 39.3 Å². The maximum Gasteiger partial charge on any atom is 0.273 e. The zero-order valence-electron chi connectivity index (χ0n) is 24.6. The van der Waals surface area contributed by atoms with Crippen LogP contribution in [0.25, 0.3) is 0 Å². The summed E-state index contributed by atoms with van der Waals surface area (Å²) < 4.78 is 34.1. The fraction of sp³-hybridized carbons (Fsp3) is 0.333. The summed E-state index contributed by atoms with van der Waals surface area (Å²) in [5.41, 5.74) is 0.666. The lowest BCUT2D eigenvalue weighted by atomic mass is 10.1. The maximum absolute atomic E-state index is 14.0. The minimum Gasteiger partial charge on any atom is -0.497 e. The summed E-state index contributed by atoms with van der Waals surface area (Å²) in [6.45, 7) is 6.61. The molecule has 0 aliphatic carbocycles. The second kappa shape index (κ2) is 14.3. The number of anilines is 1. The number of nitrogens with one attached hydrogen (secondary N) is 1. The number of hydrogen-bond acceptors (Lipinski definition) is 7. The van der Waals surface area contributed by atoms with E-state index >= 15 is 0 Å². The summed E-state index contributed by atoms with van der Waals surface area (Å²) >= 11 is 6.17. The molecule has 0 unspecified atom stereocenters. The summed E-state index contributed by atoms with van der Waals surface area (Å²) in [7, 11) is -3.05. The molecule has 43 heavy (non-hydrogen) atoms. The van der Waals surface area contributed by atoms with E-state index in [1.807, 2.05) is 13.8 Å². The molecule has 3 aromatic carbocycles. The number of rotatable bonds is 13. The molecule has 0 bridgehead atoms. The maximum atomic E-state index is 14.0. The van der Waals surface area contributed by atoms with Gasteiger partial charge in [0, 0.05) is 29.7 Å². The fourth-order valence-corrected chi connectivity index (χ4v) is 5.87. The second-order valence-electron chi connectivity index (χ2n) is 10.4. The summed E-state index contributed by atoms with van der Waals surface area (Å²) in [6, 6.07) is 15.4. The van der Waals surface area contributed by atoms with Gasteiger partial charge in [-0.2, -0.15) is 0 Å². The minimum absolute atomic E-state index is 0.0256. The van der Waals surface area contributed by atoms with Gasteiger partial charge in [0.05, 0.1) is 22.6 Å². The van der Waals surface area contributed by atoms with Gasteiger partial charge in [0.2, 0.25) is 11.8 Å². The van der Waals surface area contributed by atoms with Gasteiger partial charge in [-0.05, 0) is 67.8 Å². The second-order valence-corrected chi connectivity index (χ2v) is 12.7. The molecule has 0 aliphatic rings. The first-order chi connectivity index (χ1) is 20.2. The number of hydrogen-bond donors (Lipinski definition) is 1. The van der Waals surface area contributed by atoms with Crippen molar-refractivity contribution in [3.05, 3.63) is 93.0 Å². The van der Waals surface area contributed by atoms with E-state index in [9.17, 15) is 28.1 Å². The Kier molecular flexibility index (Phi) is 11.1. The van der Waals surface area contributed by atoms with Crippen molar-refractivity contribution in [2.75, 3.05) is 24.5 Å². The van der Waals surface area contributed by atoms with Gasteiger partial charge in [0.25, 0.3) is 15.7 Å². The third-order valence-corrected chi connectivity index (χ3v) is 8.70. The SMILES string of the molecule is COc1ccc(N(CC(=O)N(Cc2cccc(Cl)c2)[C@H](C)C(=O)NCC(C)C)S(=O)(=O)c2ccc(C)c([N+](=O)[O-])c2)cc1. The van der Waals surface area contributed by atoms with Crippen LogP contribution in [0.3, 0.4) is 0 Å². The van der Waals surface area contributed by atoms with Crippen molar-refractivity contribution in [2.45, 2.75) is 45.2 Å². The predicted octanol–water partition coefficient (Wildman–Crippen LogP) is 4.95. The summed E-state index contributed by atoms with van der Waals surface area (Å²) in [5.74, 6) is -0.454. The van der Waals surface area contributed by atoms with Gasteiger partial charge in [-0.3, -0.25) is 24.0 Å². The molecule has 0 spiro atoms. The number of benzene rings is 3. The molecular formula is C30H35ClN4O7S. The van der Waals surface area contributed by atoms with Crippen molar-refractivity contribution in [1.82, 2.24) is 10.2 Å². The van der Waals surface area contributed by atoms with Crippen LogP contribution in [-0.4, -0.2) is 56.3 Å². The van der Waals surface area contributed by atoms with Crippen molar-refractivity contribution < 1.29 is 27.7 Å². The number of nitrogens with zero attached hydrogens (tertiary/aromatic N) is 3. The first-order valence-electron chi connectivity index (χ1n) is 13.5. The van der Waals surface area contributed by atoms with Crippen molar-refractivity contribution >= 4 is 44.8 Å². The molecule has 13 heteroatoms. The molecule has 0 aliphatic heterocycles. The Morgan fingerprint density at radius 3 is 2.30 bits per heavy atom. The molecule has 0 aromatic heterocycles. The van der Waals surface area contributed by atoms with E-state index in [1.165, 1.54) is 55.3 Å². The molecule has 0 saturated heterocycles. The number of methoxy groups -OCH3 is 1. The standard InChI is InChI=1S/C30H35ClN4O7S/c1-20(2)17-32-30(37)22(4)33(18-23-7-6-8-24(31)15-23)29(36)19-34(25-10-12-26(42-5)13-11-25)43(40,41)27-14-9-21(3)28(16-27)35(38)39/h6-16,20,22H,17-19H2,1-5H3,(H,32,37)/t22-/m1/s1. The minimum atomic E-state index is -4.50. The van der Waals surface area contributed by atoms with Crippen molar-refractivity contribution in [3.63, 3.8) is 0 Å². The van der Waals surface area contributed by atoms with Crippen molar-refractivity contribution in [2.24, 2.45) is 5.92 Å². The Balaban J connectivity index is 2.08. The average molecular weight is 631 g/mol. The van der Waals surface area contributed by atoms with E-state index in [-0.39, 0.29) is 34.3 Å². The number of carbonyl (C=O) groups is 2. The van der Waals surface area contributed by atoms with Gasteiger partial charge in [0.15, 0.2) is 0 Å². The number of halogens is 1. The van der Waals surface area contributed by atoms with Gasteiger partial charge in [0.1, 0.15) is 18.3 Å². The van der Waals surface area contributed by atoms with Gasteiger partial charge < -0.3 is 15.0 Å². The average Bonchev–Trinajstić information content (AvgIpc) is 2.96. The number of nitro benzene ring substituents is 1. The lowest BCUT2D eigenvalue weighted by molar-refractivity contribution is -0.385. The zero-order valence-corrected chi connectivity index (χ0v) is 26.2. The predicted molar refractivity (Wildman–Crippen MR) is 165 cm³/mol. The fourth-order valence-electron chi connectivity index (χ4n) is 4.22. The molecule has 3 rings (SSSR count). The van der Waals surface area contributed by atoms with Crippen molar-refractivity contribution in [3.8, 4) is 5.75 Å². The number of nitro groups is 1. The zero-order chi connectivity index (χ0) is 31.9. The lowest BCUT2D eigenvalue weighted by Gasteiger charge is -2.32. The largest absolute Gasteiger partial charge is 0.497 e. The third-order valence-electron chi connectivity index (χ3n) is 6.70. The van der Waals surface area contributed by atoms with Gasteiger partial charge in [-0.25, -0.2) is 8.42 Å². The van der Waals surface area contributed by atoms with Crippen LogP contribution in [0.1, 0.15) is 31.9 Å². The lowest BCUT2D eigenvalue weighted by Crippen LogP contribution is -2.51. The van der Waals surface area contributed by atoms with E-state index in [0.29, 0.717) is 22.9 Å². The summed E-state index contributed by atoms with van der Waals surface area (Å²) in [5, 5.41) is 14.8. The van der Waals surface area contributed by atoms with E-state index in [2.05, 4.69) is 5.32 Å². The van der Waals surface area contributed by atoms with Crippen LogP contribution in [0.2, 0.25) is 5.02 Å². The molecule has 0 heterocycles. The normalized spacial score (nSPS) is 12.0. The molecular weight excluding hydrogens is 596 g/mol. The Bertz CT molecular complexity index is 1580. The Morgan fingerprint density at radius 2 is 1.72 bits per heavy atom. The monoisotopic (exact) mass is 630 g/mol. The van der Waals surface area contributed by atoms with Crippen LogP contribution in [0.15, 0.2) is 71.6 Å². The van der Waals surface area contributed by atoms with E-state index in [1.54, 1.807) is 31.2 Å². The highest BCUT2D eigenvalue weighted by Gasteiger charge is 2.33. The van der Waals surface area contributed by atoms with Crippen LogP contribution in [0, 0.1) is 23.0 Å². The van der Waals surface area contributed by atoms with Crippen LogP contribution in [0.5, 0.6) is 5.75 Å². The molecule has 2 amide bonds. The highest BCUT2D eigenvalue weighted by Crippen LogP contribution is 2.29. The number of carbonyl (C=O) groups excluding carboxylic acids is 2. The number of sulfonamides is 1. The van der Waals surface area contributed by atoms with Gasteiger partial charge in [-0.1, -0.05) is 43.6 Å². The number of ether oxygens (including phenoxy) is 1. The Hall–Kier alpha value is -4.16. The first kappa shape index (κ1) is 33.3. The van der Waals surface area contributed by atoms with Crippen LogP contribution in [-0.2, 0) is 26.2 Å². The van der Waals surface area contributed by atoms with Crippen LogP contribution in [0.4, 0.5) is 11.4 Å². The van der Waals surface area contributed by atoms with Crippen molar-refractivity contribution in [1.29, 1.82) is 0 Å². The number of amides is 2. The molecule has 3 aromatic rings.